The summed E-state index contributed by atoms with van der Waals surface area (Å²) in [5.74, 6) is 0. The average molecular weight is 291 g/mol. The fraction of sp³-hybridized carbons (Fsp3) is 0.438. The molecule has 3 nitrogen and oxygen atoms in total. The van der Waals surface area contributed by atoms with Gasteiger partial charge in [0.15, 0.2) is 0 Å². The lowest BCUT2D eigenvalue weighted by molar-refractivity contribution is 0.104. The fourth-order valence-corrected chi connectivity index (χ4v) is 2.91. The normalized spacial score (nSPS) is 18.8. The van der Waals surface area contributed by atoms with Gasteiger partial charge in [0.25, 0.3) is 0 Å². The van der Waals surface area contributed by atoms with Gasteiger partial charge in [0.1, 0.15) is 0 Å². The van der Waals surface area contributed by atoms with Crippen LogP contribution in [-0.2, 0) is 11.3 Å². The van der Waals surface area contributed by atoms with Crippen LogP contribution in [0.5, 0.6) is 0 Å². The summed E-state index contributed by atoms with van der Waals surface area (Å²) in [5.41, 5.74) is 2.18. The summed E-state index contributed by atoms with van der Waals surface area (Å²) in [6, 6.07) is 7.93. The summed E-state index contributed by atoms with van der Waals surface area (Å²) in [7, 11) is 0. The van der Waals surface area contributed by atoms with Crippen molar-refractivity contribution in [3.05, 3.63) is 41.0 Å². The molecule has 106 valence electrons. The molecule has 1 aromatic heterocycles. The van der Waals surface area contributed by atoms with E-state index in [0.717, 1.165) is 42.0 Å². The fourth-order valence-electron chi connectivity index (χ4n) is 2.70. The molecule has 2 heterocycles. The van der Waals surface area contributed by atoms with Gasteiger partial charge in [0.2, 0.25) is 0 Å². The molecule has 1 unspecified atom stereocenters. The molecule has 1 N–H and O–H groups in total. The molecule has 1 fully saturated rings. The Bertz CT molecular complexity index is 582. The third-order valence-corrected chi connectivity index (χ3v) is 4.11. The van der Waals surface area contributed by atoms with Gasteiger partial charge in [0.05, 0.1) is 11.6 Å². The van der Waals surface area contributed by atoms with Crippen LogP contribution in [0.25, 0.3) is 10.9 Å². The molecular formula is C16H19ClN2O. The maximum atomic E-state index is 6.20. The predicted molar refractivity (Wildman–Crippen MR) is 82.1 cm³/mol. The molecule has 20 heavy (non-hydrogen) atoms. The van der Waals surface area contributed by atoms with Crippen molar-refractivity contribution in [1.29, 1.82) is 0 Å². The summed E-state index contributed by atoms with van der Waals surface area (Å²) < 4.78 is 5.62. The second kappa shape index (κ2) is 6.53. The van der Waals surface area contributed by atoms with Crippen molar-refractivity contribution in [1.82, 2.24) is 10.3 Å². The number of ether oxygens (including phenoxy) is 1. The van der Waals surface area contributed by atoms with Gasteiger partial charge in [0, 0.05) is 29.8 Å². The summed E-state index contributed by atoms with van der Waals surface area (Å²) in [4.78, 5) is 4.45. The highest BCUT2D eigenvalue weighted by Crippen LogP contribution is 2.24. The molecule has 1 aliphatic heterocycles. The van der Waals surface area contributed by atoms with E-state index in [9.17, 15) is 0 Å². The number of rotatable bonds is 5. The molecule has 1 atom stereocenters. The summed E-state index contributed by atoms with van der Waals surface area (Å²) >= 11 is 6.20. The number of fused-ring (bicyclic) bond motifs is 1. The molecule has 1 aliphatic rings. The van der Waals surface area contributed by atoms with Gasteiger partial charge in [-0.05, 0) is 49.6 Å². The molecule has 0 amide bonds. The highest BCUT2D eigenvalue weighted by Gasteiger charge is 2.14. The Kier molecular flexibility index (Phi) is 4.51. The molecule has 1 aromatic carbocycles. The van der Waals surface area contributed by atoms with E-state index in [1.54, 1.807) is 0 Å². The molecule has 0 aliphatic carbocycles. The third-order valence-electron chi connectivity index (χ3n) is 3.78. The van der Waals surface area contributed by atoms with Crippen LogP contribution in [0.4, 0.5) is 0 Å². The van der Waals surface area contributed by atoms with Gasteiger partial charge in [-0.1, -0.05) is 17.7 Å². The second-order valence-corrected chi connectivity index (χ2v) is 5.61. The van der Waals surface area contributed by atoms with E-state index in [4.69, 9.17) is 16.3 Å². The lowest BCUT2D eigenvalue weighted by Gasteiger charge is -2.11. The lowest BCUT2D eigenvalue weighted by Crippen LogP contribution is -2.20. The van der Waals surface area contributed by atoms with Gasteiger partial charge in [-0.3, -0.25) is 4.98 Å². The van der Waals surface area contributed by atoms with Crippen molar-refractivity contribution in [3.63, 3.8) is 0 Å². The van der Waals surface area contributed by atoms with Crippen molar-refractivity contribution >= 4 is 22.5 Å². The van der Waals surface area contributed by atoms with Crippen molar-refractivity contribution in [2.24, 2.45) is 0 Å². The zero-order chi connectivity index (χ0) is 13.8. The van der Waals surface area contributed by atoms with E-state index in [-0.39, 0.29) is 0 Å². The maximum Gasteiger partial charge on any atom is 0.0761 e. The second-order valence-electron chi connectivity index (χ2n) is 5.21. The molecule has 2 aromatic rings. The van der Waals surface area contributed by atoms with Crippen LogP contribution in [0.15, 0.2) is 30.5 Å². The van der Waals surface area contributed by atoms with E-state index in [1.165, 1.54) is 18.4 Å². The first kappa shape index (κ1) is 13.8. The first-order chi connectivity index (χ1) is 9.84. The number of hydrogen-bond acceptors (Lipinski definition) is 3. The highest BCUT2D eigenvalue weighted by molar-refractivity contribution is 6.35. The highest BCUT2D eigenvalue weighted by atomic mass is 35.5. The molecule has 1 saturated heterocycles. The lowest BCUT2D eigenvalue weighted by atomic mass is 10.1. The molecule has 3 rings (SSSR count). The quantitative estimate of drug-likeness (QED) is 0.855. The van der Waals surface area contributed by atoms with E-state index < -0.39 is 0 Å². The van der Waals surface area contributed by atoms with Crippen LogP contribution >= 0.6 is 11.6 Å². The van der Waals surface area contributed by atoms with Crippen LogP contribution in [0.3, 0.4) is 0 Å². The van der Waals surface area contributed by atoms with Gasteiger partial charge in [-0.25, -0.2) is 0 Å². The van der Waals surface area contributed by atoms with Crippen molar-refractivity contribution < 1.29 is 4.74 Å². The molecular weight excluding hydrogens is 272 g/mol. The SMILES string of the molecule is Clc1ccc(CNCCC2CCCO2)c2ncccc12. The van der Waals surface area contributed by atoms with Gasteiger partial charge in [-0.2, -0.15) is 0 Å². The molecule has 0 saturated carbocycles. The molecule has 0 spiro atoms. The monoisotopic (exact) mass is 290 g/mol. The van der Waals surface area contributed by atoms with Gasteiger partial charge >= 0.3 is 0 Å². The average Bonchev–Trinajstić information content (AvgIpc) is 2.99. The Hall–Kier alpha value is -1.16. The maximum absolute atomic E-state index is 6.20. The third kappa shape index (κ3) is 3.11. The molecule has 4 heteroatoms. The minimum absolute atomic E-state index is 0.447. The smallest absolute Gasteiger partial charge is 0.0761 e. The molecule has 0 bridgehead atoms. The van der Waals surface area contributed by atoms with E-state index in [0.29, 0.717) is 6.10 Å². The van der Waals surface area contributed by atoms with Crippen LogP contribution in [-0.4, -0.2) is 24.2 Å². The minimum Gasteiger partial charge on any atom is -0.378 e. The van der Waals surface area contributed by atoms with Crippen LogP contribution < -0.4 is 5.32 Å². The Morgan fingerprint density at radius 3 is 3.15 bits per heavy atom. The van der Waals surface area contributed by atoms with Crippen molar-refractivity contribution in [3.8, 4) is 0 Å². The first-order valence-corrected chi connectivity index (χ1v) is 7.57. The summed E-state index contributed by atoms with van der Waals surface area (Å²) in [6.45, 7) is 2.72. The number of hydrogen-bond donors (Lipinski definition) is 1. The van der Waals surface area contributed by atoms with Crippen LogP contribution in [0.1, 0.15) is 24.8 Å². The Morgan fingerprint density at radius 2 is 2.30 bits per heavy atom. The van der Waals surface area contributed by atoms with Crippen molar-refractivity contribution in [2.45, 2.75) is 31.9 Å². The van der Waals surface area contributed by atoms with Crippen LogP contribution in [0.2, 0.25) is 5.02 Å². The number of aromatic nitrogens is 1. The van der Waals surface area contributed by atoms with E-state index in [2.05, 4.69) is 16.4 Å². The number of halogens is 1. The number of nitrogens with one attached hydrogen (secondary N) is 1. The largest absolute Gasteiger partial charge is 0.378 e. The number of benzene rings is 1. The van der Waals surface area contributed by atoms with Gasteiger partial charge in [-0.15, -0.1) is 0 Å². The molecule has 0 radical (unpaired) electrons. The Morgan fingerprint density at radius 1 is 1.35 bits per heavy atom. The Balaban J connectivity index is 1.61. The van der Waals surface area contributed by atoms with E-state index in [1.807, 2.05) is 24.4 Å². The standard InChI is InChI=1S/C16H19ClN2O/c17-15-6-5-12(16-14(15)4-1-8-19-16)11-18-9-7-13-3-2-10-20-13/h1,4-6,8,13,18H,2-3,7,9-11H2. The Labute approximate surface area is 124 Å². The minimum atomic E-state index is 0.447. The first-order valence-electron chi connectivity index (χ1n) is 7.19. The number of pyridine rings is 1. The zero-order valence-corrected chi connectivity index (χ0v) is 12.2. The number of nitrogens with zero attached hydrogens (tertiary/aromatic N) is 1. The summed E-state index contributed by atoms with van der Waals surface area (Å²) in [5, 5.41) is 5.26. The van der Waals surface area contributed by atoms with Crippen molar-refractivity contribution in [2.75, 3.05) is 13.2 Å². The van der Waals surface area contributed by atoms with E-state index >= 15 is 0 Å². The zero-order valence-electron chi connectivity index (χ0n) is 11.4. The predicted octanol–water partition coefficient (Wildman–Crippen LogP) is 3.55. The van der Waals surface area contributed by atoms with Crippen LogP contribution in [0, 0.1) is 0 Å². The topological polar surface area (TPSA) is 34.1 Å². The summed E-state index contributed by atoms with van der Waals surface area (Å²) in [6.07, 6.45) is 5.75. The van der Waals surface area contributed by atoms with Gasteiger partial charge < -0.3 is 10.1 Å².